The van der Waals surface area contributed by atoms with E-state index in [2.05, 4.69) is 13.2 Å². The first-order valence-corrected chi connectivity index (χ1v) is 16.1. The van der Waals surface area contributed by atoms with Crippen LogP contribution >= 0.6 is 0 Å². The van der Waals surface area contributed by atoms with E-state index >= 15 is 4.79 Å². The highest BCUT2D eigenvalue weighted by Crippen LogP contribution is 2.64. The monoisotopic (exact) mass is 614 g/mol. The molecule has 8 heteroatoms. The molecule has 3 saturated heterocycles. The summed E-state index contributed by atoms with van der Waals surface area (Å²) in [5.41, 5.74) is 1.33. The number of nitrogens with zero attached hydrogens (tertiary/aromatic N) is 2. The summed E-state index contributed by atoms with van der Waals surface area (Å²) in [7, 11) is 0. The van der Waals surface area contributed by atoms with E-state index in [1.807, 2.05) is 75.4 Å². The third kappa shape index (κ3) is 5.74. The zero-order valence-electron chi connectivity index (χ0n) is 26.7. The van der Waals surface area contributed by atoms with Crippen LogP contribution in [-0.4, -0.2) is 70.8 Å². The van der Waals surface area contributed by atoms with Gasteiger partial charge in [0.1, 0.15) is 17.6 Å². The van der Waals surface area contributed by atoms with E-state index in [9.17, 15) is 14.7 Å². The molecule has 0 aliphatic carbocycles. The number of esters is 1. The van der Waals surface area contributed by atoms with Crippen LogP contribution in [0, 0.1) is 25.7 Å². The molecular weight excluding hydrogens is 568 g/mol. The number of ether oxygens (including phenoxy) is 2. The minimum absolute atomic E-state index is 0.222. The van der Waals surface area contributed by atoms with Crippen molar-refractivity contribution in [3.63, 3.8) is 0 Å². The van der Waals surface area contributed by atoms with E-state index in [4.69, 9.17) is 9.47 Å². The molecule has 2 unspecified atom stereocenters. The molecule has 2 bridgehead atoms. The van der Waals surface area contributed by atoms with Crippen LogP contribution in [0.15, 0.2) is 73.8 Å². The van der Waals surface area contributed by atoms with Gasteiger partial charge in [-0.25, -0.2) is 0 Å². The van der Waals surface area contributed by atoms with E-state index in [0.29, 0.717) is 25.7 Å². The molecule has 8 nitrogen and oxygen atoms in total. The molecule has 0 aromatic heterocycles. The van der Waals surface area contributed by atoms with E-state index in [1.165, 1.54) is 0 Å². The van der Waals surface area contributed by atoms with Crippen LogP contribution < -0.4 is 4.90 Å². The summed E-state index contributed by atoms with van der Waals surface area (Å²) >= 11 is 0. The maximum atomic E-state index is 15.0. The van der Waals surface area contributed by atoms with E-state index in [-0.39, 0.29) is 31.6 Å². The maximum Gasteiger partial charge on any atom is 0.312 e. The quantitative estimate of drug-likeness (QED) is 0.181. The first kappa shape index (κ1) is 32.6. The minimum atomic E-state index is -1.24. The molecule has 3 heterocycles. The Morgan fingerprint density at radius 3 is 2.44 bits per heavy atom. The second-order valence-electron chi connectivity index (χ2n) is 12.9. The van der Waals surface area contributed by atoms with Crippen LogP contribution in [0.25, 0.3) is 0 Å². The lowest BCUT2D eigenvalue weighted by molar-refractivity contribution is -0.160. The Morgan fingerprint density at radius 2 is 1.80 bits per heavy atom. The number of anilines is 1. The van der Waals surface area contributed by atoms with Crippen LogP contribution in [0.5, 0.6) is 0 Å². The number of carbonyl (C=O) groups is 3. The smallest absolute Gasteiger partial charge is 0.312 e. The van der Waals surface area contributed by atoms with Gasteiger partial charge in [-0.2, -0.15) is 0 Å². The first-order valence-electron chi connectivity index (χ1n) is 16.1. The van der Waals surface area contributed by atoms with Crippen molar-refractivity contribution in [2.24, 2.45) is 11.8 Å². The van der Waals surface area contributed by atoms with Crippen LogP contribution in [0.3, 0.4) is 0 Å². The van der Waals surface area contributed by atoms with E-state index < -0.39 is 41.1 Å². The molecule has 2 amide bonds. The largest absolute Gasteiger partial charge is 0.465 e. The van der Waals surface area contributed by atoms with Crippen LogP contribution in [0.1, 0.15) is 55.7 Å². The number of aliphatic hydroxyl groups is 1. The topological polar surface area (TPSA) is 96.4 Å². The lowest BCUT2D eigenvalue weighted by atomic mass is 9.66. The normalized spacial score (nSPS) is 27.2. The van der Waals surface area contributed by atoms with Gasteiger partial charge in [-0.3, -0.25) is 14.4 Å². The summed E-state index contributed by atoms with van der Waals surface area (Å²) in [5, 5.41) is 10.8. The van der Waals surface area contributed by atoms with Gasteiger partial charge in [0.2, 0.25) is 5.91 Å². The predicted molar refractivity (Wildman–Crippen MR) is 174 cm³/mol. The number of aryl methyl sites for hydroxylation is 2. The fourth-order valence-electron chi connectivity index (χ4n) is 7.98. The summed E-state index contributed by atoms with van der Waals surface area (Å²) in [4.78, 5) is 46.8. The van der Waals surface area contributed by atoms with Gasteiger partial charge in [-0.15, -0.1) is 13.2 Å². The number of benzene rings is 2. The molecule has 6 atom stereocenters. The maximum absolute atomic E-state index is 15.0. The minimum Gasteiger partial charge on any atom is -0.465 e. The molecule has 0 saturated carbocycles. The van der Waals surface area contributed by atoms with E-state index in [1.54, 1.807) is 15.9 Å². The molecule has 2 aromatic carbocycles. The summed E-state index contributed by atoms with van der Waals surface area (Å²) in [6, 6.07) is 13.7. The highest BCUT2D eigenvalue weighted by molar-refractivity contribution is 6.05. The molecule has 240 valence electrons. The number of fused-ring (bicyclic) bond motifs is 1. The van der Waals surface area contributed by atoms with Gasteiger partial charge in [0.05, 0.1) is 30.8 Å². The van der Waals surface area contributed by atoms with Crippen molar-refractivity contribution in [2.45, 2.75) is 82.6 Å². The summed E-state index contributed by atoms with van der Waals surface area (Å²) in [6.45, 7) is 13.6. The van der Waals surface area contributed by atoms with Gasteiger partial charge in [-0.1, -0.05) is 60.7 Å². The SMILES string of the molecule is C=CCCCCOC(=O)[C@H]1[C@H]2C(=O)N([C@@H](CO)Cc3ccccc3)C(C(=O)N(CC=C)c3c(C)cccc3C)C23CC[C@]1(C)O3. The molecule has 0 radical (unpaired) electrons. The molecule has 1 spiro atoms. The van der Waals surface area contributed by atoms with Gasteiger partial charge < -0.3 is 24.4 Å². The second kappa shape index (κ2) is 13.3. The Morgan fingerprint density at radius 1 is 1.09 bits per heavy atom. The number of amides is 2. The van der Waals surface area contributed by atoms with Crippen molar-refractivity contribution >= 4 is 23.5 Å². The van der Waals surface area contributed by atoms with Crippen LogP contribution in [-0.2, 0) is 30.3 Å². The average Bonchev–Trinajstić information content (AvgIpc) is 3.60. The van der Waals surface area contributed by atoms with Crippen molar-refractivity contribution in [3.8, 4) is 0 Å². The summed E-state index contributed by atoms with van der Waals surface area (Å²) < 4.78 is 12.6. The Labute approximate surface area is 266 Å². The van der Waals surface area contributed by atoms with Crippen LogP contribution in [0.4, 0.5) is 5.69 Å². The third-order valence-electron chi connectivity index (χ3n) is 9.95. The van der Waals surface area contributed by atoms with Crippen LogP contribution in [0.2, 0.25) is 0 Å². The average molecular weight is 615 g/mol. The lowest BCUT2D eigenvalue weighted by Crippen LogP contribution is -2.59. The van der Waals surface area contributed by atoms with E-state index in [0.717, 1.165) is 35.2 Å². The Kier molecular flexibility index (Phi) is 9.65. The fraction of sp³-hybridized carbons (Fsp3) is 0.486. The standard InChI is InChI=1S/C37H46N2O6/c1-6-8-9-13-22-44-35(43)30-29-33(41)39(28(24-40)23-27-17-11-10-12-18-27)32(37(29)20-19-36(30,5)45-37)34(42)38(21-7-2)31-25(3)15-14-16-26(31)4/h6-7,10-12,14-18,28-30,32,40H,1-2,8-9,13,19-24H2,3-5H3/t28-,29+,30-,32?,36+,37?/m1/s1. The number of rotatable bonds is 14. The first-order chi connectivity index (χ1) is 21.6. The lowest BCUT2D eigenvalue weighted by Gasteiger charge is -2.40. The van der Waals surface area contributed by atoms with Crippen molar-refractivity contribution in [3.05, 3.63) is 90.5 Å². The Bertz CT molecular complexity index is 1420. The zero-order valence-corrected chi connectivity index (χ0v) is 26.7. The van der Waals surface area contributed by atoms with Gasteiger partial charge in [-0.05, 0) is 76.0 Å². The zero-order chi connectivity index (χ0) is 32.4. The Balaban J connectivity index is 1.58. The van der Waals surface area contributed by atoms with Gasteiger partial charge in [0, 0.05) is 12.2 Å². The molecule has 3 aliphatic heterocycles. The highest BCUT2D eigenvalue weighted by Gasteiger charge is 2.79. The van der Waals surface area contributed by atoms with Crippen molar-refractivity contribution in [1.29, 1.82) is 0 Å². The van der Waals surface area contributed by atoms with Crippen molar-refractivity contribution in [2.75, 3.05) is 24.7 Å². The Hall–Kier alpha value is -3.75. The van der Waals surface area contributed by atoms with Crippen molar-refractivity contribution < 1.29 is 29.0 Å². The van der Waals surface area contributed by atoms with Gasteiger partial charge in [0.25, 0.3) is 5.91 Å². The number of carbonyl (C=O) groups excluding carboxylic acids is 3. The highest BCUT2D eigenvalue weighted by atomic mass is 16.6. The van der Waals surface area contributed by atoms with Crippen molar-refractivity contribution in [1.82, 2.24) is 4.90 Å². The predicted octanol–water partition coefficient (Wildman–Crippen LogP) is 5.09. The molecule has 45 heavy (non-hydrogen) atoms. The second-order valence-corrected chi connectivity index (χ2v) is 12.9. The number of hydrogen-bond donors (Lipinski definition) is 1. The molecule has 1 N–H and O–H groups in total. The number of aliphatic hydroxyl groups excluding tert-OH is 1. The molecular formula is C37H46N2O6. The fourth-order valence-corrected chi connectivity index (χ4v) is 7.98. The molecule has 2 aromatic rings. The molecule has 5 rings (SSSR count). The summed E-state index contributed by atoms with van der Waals surface area (Å²) in [6.07, 6.45) is 7.17. The number of allylic oxidation sites excluding steroid dienone is 1. The summed E-state index contributed by atoms with van der Waals surface area (Å²) in [5.74, 6) is -2.88. The number of unbranched alkanes of at least 4 members (excludes halogenated alkanes) is 2. The number of likely N-dealkylation sites (tertiary alicyclic amines) is 1. The van der Waals surface area contributed by atoms with Gasteiger partial charge >= 0.3 is 5.97 Å². The number of hydrogen-bond acceptors (Lipinski definition) is 6. The third-order valence-corrected chi connectivity index (χ3v) is 9.95. The van der Waals surface area contributed by atoms with Gasteiger partial charge in [0.15, 0.2) is 0 Å². The molecule has 3 aliphatic rings. The number of para-hydroxylation sites is 1. The molecule has 3 fully saturated rings.